The highest BCUT2D eigenvalue weighted by molar-refractivity contribution is 7.56. The van der Waals surface area contributed by atoms with Crippen molar-refractivity contribution < 1.29 is 0 Å². The van der Waals surface area contributed by atoms with Gasteiger partial charge in [0.1, 0.15) is 0 Å². The second-order valence-corrected chi connectivity index (χ2v) is 4.44. The van der Waals surface area contributed by atoms with E-state index in [0.29, 0.717) is 0 Å². The predicted molar refractivity (Wildman–Crippen MR) is 47.6 cm³/mol. The Kier molecular flexibility index (Phi) is 2.68. The summed E-state index contributed by atoms with van der Waals surface area (Å²) in [7, 11) is 0.972. The fourth-order valence-electron chi connectivity index (χ4n) is 0.702. The van der Waals surface area contributed by atoms with Crippen molar-refractivity contribution in [2.75, 3.05) is 6.66 Å². The van der Waals surface area contributed by atoms with Gasteiger partial charge in [0.05, 0.1) is 0 Å². The van der Waals surface area contributed by atoms with Crippen LogP contribution >= 0.6 is 19.9 Å². The van der Waals surface area contributed by atoms with Gasteiger partial charge in [-0.05, 0) is 25.2 Å². The highest BCUT2D eigenvalue weighted by Gasteiger charge is 1.93. The molecule has 1 aromatic rings. The molecule has 0 nitrogen and oxygen atoms in total. The van der Waals surface area contributed by atoms with Crippen LogP contribution in [-0.4, -0.2) is 6.66 Å². The SMILES string of the molecule is CCc1ccc(PC)s1. The molecule has 1 atom stereocenters. The third-order valence-corrected chi connectivity index (χ3v) is 3.88. The lowest BCUT2D eigenvalue weighted by Gasteiger charge is -1.84. The lowest BCUT2D eigenvalue weighted by molar-refractivity contribution is 1.19. The molecular formula is C7H11PS. The van der Waals surface area contributed by atoms with Gasteiger partial charge in [0, 0.05) is 9.50 Å². The third-order valence-electron chi connectivity index (χ3n) is 1.26. The zero-order chi connectivity index (χ0) is 6.69. The summed E-state index contributed by atoms with van der Waals surface area (Å²) in [6.07, 6.45) is 1.19. The normalized spacial score (nSPS) is 11.3. The summed E-state index contributed by atoms with van der Waals surface area (Å²) in [6, 6.07) is 4.47. The Labute approximate surface area is 62.1 Å². The molecule has 0 saturated heterocycles. The summed E-state index contributed by atoms with van der Waals surface area (Å²) in [5, 5.41) is 0. The van der Waals surface area contributed by atoms with Crippen LogP contribution in [-0.2, 0) is 6.42 Å². The first kappa shape index (κ1) is 7.24. The first-order valence-electron chi connectivity index (χ1n) is 3.13. The maximum absolute atomic E-state index is 2.24. The summed E-state index contributed by atoms with van der Waals surface area (Å²) < 4.78 is 1.53. The molecule has 0 N–H and O–H groups in total. The molecule has 0 aromatic carbocycles. The van der Waals surface area contributed by atoms with Crippen molar-refractivity contribution >= 4 is 24.5 Å². The molecule has 0 amide bonds. The van der Waals surface area contributed by atoms with E-state index in [0.717, 1.165) is 8.58 Å². The smallest absolute Gasteiger partial charge is 0.0247 e. The van der Waals surface area contributed by atoms with Crippen molar-refractivity contribution in [2.45, 2.75) is 13.3 Å². The second kappa shape index (κ2) is 3.34. The highest BCUT2D eigenvalue weighted by atomic mass is 32.1. The van der Waals surface area contributed by atoms with Crippen LogP contribution in [0.3, 0.4) is 0 Å². The van der Waals surface area contributed by atoms with Crippen molar-refractivity contribution in [2.24, 2.45) is 0 Å². The molecule has 0 saturated carbocycles. The first-order chi connectivity index (χ1) is 4.36. The predicted octanol–water partition coefficient (Wildman–Crippen LogP) is 2.24. The molecule has 0 fully saturated rings. The van der Waals surface area contributed by atoms with Crippen molar-refractivity contribution in [3.63, 3.8) is 0 Å². The molecule has 0 aliphatic heterocycles. The minimum Gasteiger partial charge on any atom is -0.141 e. The van der Waals surface area contributed by atoms with Gasteiger partial charge in [-0.15, -0.1) is 11.3 Å². The Bertz CT molecular complexity index is 162. The molecule has 2 heteroatoms. The van der Waals surface area contributed by atoms with Crippen molar-refractivity contribution in [1.29, 1.82) is 0 Å². The van der Waals surface area contributed by atoms with Gasteiger partial charge in [-0.1, -0.05) is 15.5 Å². The van der Waals surface area contributed by atoms with Gasteiger partial charge < -0.3 is 0 Å². The minimum atomic E-state index is 0.972. The third kappa shape index (κ3) is 1.77. The van der Waals surface area contributed by atoms with E-state index in [4.69, 9.17) is 0 Å². The fraction of sp³-hybridized carbons (Fsp3) is 0.429. The monoisotopic (exact) mass is 158 g/mol. The molecule has 1 unspecified atom stereocenters. The molecule has 0 bridgehead atoms. The molecule has 0 spiro atoms. The van der Waals surface area contributed by atoms with Crippen molar-refractivity contribution in [3.8, 4) is 0 Å². The van der Waals surface area contributed by atoms with E-state index in [2.05, 4.69) is 25.7 Å². The van der Waals surface area contributed by atoms with Crippen LogP contribution in [0.25, 0.3) is 0 Å². The largest absolute Gasteiger partial charge is 0.141 e. The standard InChI is InChI=1S/C7H11PS/c1-3-6-4-5-7(8-2)9-6/h4-5,8H,3H2,1-2H3. The Morgan fingerprint density at radius 1 is 1.56 bits per heavy atom. The van der Waals surface area contributed by atoms with Gasteiger partial charge in [-0.2, -0.15) is 0 Å². The van der Waals surface area contributed by atoms with Crippen LogP contribution in [0.15, 0.2) is 12.1 Å². The summed E-state index contributed by atoms with van der Waals surface area (Å²) >= 11 is 1.95. The molecule has 0 aliphatic rings. The van der Waals surface area contributed by atoms with E-state index in [1.54, 1.807) is 0 Å². The summed E-state index contributed by atoms with van der Waals surface area (Å²) in [5.41, 5.74) is 0. The highest BCUT2D eigenvalue weighted by Crippen LogP contribution is 2.14. The number of hydrogen-bond acceptors (Lipinski definition) is 1. The van der Waals surface area contributed by atoms with Crippen LogP contribution in [0, 0.1) is 0 Å². The number of thiophene rings is 1. The van der Waals surface area contributed by atoms with Crippen LogP contribution in [0.2, 0.25) is 0 Å². The van der Waals surface area contributed by atoms with E-state index >= 15 is 0 Å². The Morgan fingerprint density at radius 2 is 2.33 bits per heavy atom. The number of hydrogen-bond donors (Lipinski definition) is 0. The Morgan fingerprint density at radius 3 is 2.67 bits per heavy atom. The van der Waals surface area contributed by atoms with Crippen LogP contribution < -0.4 is 4.62 Å². The van der Waals surface area contributed by atoms with Gasteiger partial charge in [0.25, 0.3) is 0 Å². The molecule has 1 rings (SSSR count). The fourth-order valence-corrected chi connectivity index (χ4v) is 2.45. The zero-order valence-corrected chi connectivity index (χ0v) is 7.59. The Balaban J connectivity index is 2.74. The average Bonchev–Trinajstić information content (AvgIpc) is 2.34. The maximum Gasteiger partial charge on any atom is 0.0247 e. The molecular weight excluding hydrogens is 147 g/mol. The maximum atomic E-state index is 2.24. The average molecular weight is 158 g/mol. The van der Waals surface area contributed by atoms with Gasteiger partial charge in [-0.3, -0.25) is 0 Å². The summed E-state index contributed by atoms with van der Waals surface area (Å²) in [5.74, 6) is 0. The van der Waals surface area contributed by atoms with Gasteiger partial charge >= 0.3 is 0 Å². The molecule has 1 heterocycles. The van der Waals surface area contributed by atoms with Gasteiger partial charge in [0.15, 0.2) is 0 Å². The van der Waals surface area contributed by atoms with E-state index in [-0.39, 0.29) is 0 Å². The van der Waals surface area contributed by atoms with Crippen LogP contribution in [0.4, 0.5) is 0 Å². The number of aryl methyl sites for hydroxylation is 1. The molecule has 9 heavy (non-hydrogen) atoms. The lowest BCUT2D eigenvalue weighted by Crippen LogP contribution is -1.77. The zero-order valence-electron chi connectivity index (χ0n) is 5.77. The van der Waals surface area contributed by atoms with E-state index in [1.807, 2.05) is 11.3 Å². The van der Waals surface area contributed by atoms with E-state index in [9.17, 15) is 0 Å². The summed E-state index contributed by atoms with van der Waals surface area (Å²) in [4.78, 5) is 1.51. The van der Waals surface area contributed by atoms with E-state index < -0.39 is 0 Å². The summed E-state index contributed by atoms with van der Waals surface area (Å²) in [6.45, 7) is 4.43. The quantitative estimate of drug-likeness (QED) is 0.579. The molecule has 0 aliphatic carbocycles. The first-order valence-corrected chi connectivity index (χ1v) is 5.45. The second-order valence-electron chi connectivity index (χ2n) is 1.87. The molecule has 1 aromatic heterocycles. The topological polar surface area (TPSA) is 0 Å². The minimum absolute atomic E-state index is 0.972. The number of rotatable bonds is 2. The van der Waals surface area contributed by atoms with Gasteiger partial charge in [-0.25, -0.2) is 0 Å². The van der Waals surface area contributed by atoms with Crippen LogP contribution in [0.1, 0.15) is 11.8 Å². The Hall–Kier alpha value is 0.130. The lowest BCUT2D eigenvalue weighted by atomic mass is 10.4. The van der Waals surface area contributed by atoms with Crippen molar-refractivity contribution in [3.05, 3.63) is 17.0 Å². The van der Waals surface area contributed by atoms with Gasteiger partial charge in [0.2, 0.25) is 0 Å². The molecule has 0 radical (unpaired) electrons. The van der Waals surface area contributed by atoms with Crippen LogP contribution in [0.5, 0.6) is 0 Å². The van der Waals surface area contributed by atoms with Crippen molar-refractivity contribution in [1.82, 2.24) is 0 Å². The van der Waals surface area contributed by atoms with E-state index in [1.165, 1.54) is 15.9 Å². The molecule has 50 valence electrons.